The fourth-order valence-corrected chi connectivity index (χ4v) is 3.24. The summed E-state index contributed by atoms with van der Waals surface area (Å²) in [6, 6.07) is 7.38. The van der Waals surface area contributed by atoms with Crippen molar-refractivity contribution in [3.8, 4) is 0 Å². The molecule has 0 aromatic heterocycles. The van der Waals surface area contributed by atoms with Crippen molar-refractivity contribution < 1.29 is 14.7 Å². The van der Waals surface area contributed by atoms with Gasteiger partial charge < -0.3 is 14.9 Å². The van der Waals surface area contributed by atoms with Crippen LogP contribution in [0, 0.1) is 5.92 Å². The van der Waals surface area contributed by atoms with Crippen molar-refractivity contribution in [1.82, 2.24) is 9.80 Å². The summed E-state index contributed by atoms with van der Waals surface area (Å²) in [5, 5.41) is 9.79. The van der Waals surface area contributed by atoms with Crippen LogP contribution in [0.15, 0.2) is 24.3 Å². The second-order valence-electron chi connectivity index (χ2n) is 7.54. The van der Waals surface area contributed by atoms with Crippen molar-refractivity contribution in [3.05, 3.63) is 34.9 Å². The van der Waals surface area contributed by atoms with Crippen molar-refractivity contribution >= 4 is 23.4 Å². The Hall–Kier alpha value is -1.59. The first-order chi connectivity index (χ1) is 11.7. The van der Waals surface area contributed by atoms with Crippen LogP contribution in [0.2, 0.25) is 5.02 Å². The highest BCUT2D eigenvalue weighted by Gasteiger charge is 2.40. The Kier molecular flexibility index (Phi) is 6.47. The highest BCUT2D eigenvalue weighted by atomic mass is 35.5. The number of carbonyl (C=O) groups is 2. The molecular formula is C19H27ClN2O3. The lowest BCUT2D eigenvalue weighted by Crippen LogP contribution is -2.43. The van der Waals surface area contributed by atoms with Gasteiger partial charge in [-0.1, -0.05) is 23.7 Å². The minimum Gasteiger partial charge on any atom is -0.396 e. The molecule has 2 amide bonds. The summed E-state index contributed by atoms with van der Waals surface area (Å²) >= 11 is 5.92. The molecule has 1 aromatic rings. The SMILES string of the molecule is CC(C)(C)N1CC(C(=O)N(CCCO)Cc2ccc(Cl)cc2)CC1=O. The van der Waals surface area contributed by atoms with E-state index < -0.39 is 0 Å². The van der Waals surface area contributed by atoms with Gasteiger partial charge in [0.1, 0.15) is 0 Å². The maximum absolute atomic E-state index is 13.0. The van der Waals surface area contributed by atoms with Gasteiger partial charge in [0.15, 0.2) is 0 Å². The van der Waals surface area contributed by atoms with Crippen molar-refractivity contribution in [2.24, 2.45) is 5.92 Å². The van der Waals surface area contributed by atoms with Gasteiger partial charge in [0, 0.05) is 43.2 Å². The number of aliphatic hydroxyl groups excluding tert-OH is 1. The number of nitrogens with zero attached hydrogens (tertiary/aromatic N) is 2. The third-order valence-corrected chi connectivity index (χ3v) is 4.72. The normalized spacial score (nSPS) is 17.9. The van der Waals surface area contributed by atoms with Crippen LogP contribution in [0.5, 0.6) is 0 Å². The Balaban J connectivity index is 2.10. The molecule has 1 unspecified atom stereocenters. The van der Waals surface area contributed by atoms with Gasteiger partial charge in [-0.2, -0.15) is 0 Å². The molecule has 6 heteroatoms. The predicted molar refractivity (Wildman–Crippen MR) is 98.1 cm³/mol. The molecule has 1 N–H and O–H groups in total. The molecule has 1 atom stereocenters. The van der Waals surface area contributed by atoms with Crippen LogP contribution in [0.3, 0.4) is 0 Å². The Morgan fingerprint density at radius 1 is 1.32 bits per heavy atom. The van der Waals surface area contributed by atoms with Crippen LogP contribution < -0.4 is 0 Å². The molecule has 1 aliphatic rings. The van der Waals surface area contributed by atoms with Crippen LogP contribution in [0.1, 0.15) is 39.2 Å². The van der Waals surface area contributed by atoms with E-state index >= 15 is 0 Å². The number of hydrogen-bond donors (Lipinski definition) is 1. The van der Waals surface area contributed by atoms with Gasteiger partial charge in [-0.15, -0.1) is 0 Å². The first-order valence-electron chi connectivity index (χ1n) is 8.67. The number of halogens is 1. The minimum atomic E-state index is -0.322. The number of rotatable bonds is 6. The van der Waals surface area contributed by atoms with Gasteiger partial charge in [-0.05, 0) is 44.9 Å². The maximum atomic E-state index is 13.0. The van der Waals surface area contributed by atoms with Gasteiger partial charge in [0.05, 0.1) is 5.92 Å². The standard InChI is InChI=1S/C19H27ClN2O3/c1-19(2,3)22-13-15(11-17(22)24)18(25)21(9-4-10-23)12-14-5-7-16(20)8-6-14/h5-8,15,23H,4,9-13H2,1-3H3. The van der Waals surface area contributed by atoms with E-state index in [9.17, 15) is 9.59 Å². The second kappa shape index (κ2) is 8.19. The highest BCUT2D eigenvalue weighted by Crippen LogP contribution is 2.27. The summed E-state index contributed by atoms with van der Waals surface area (Å²) in [6.45, 7) is 7.35. The average molecular weight is 367 g/mol. The molecule has 1 heterocycles. The molecule has 0 spiro atoms. The molecule has 2 rings (SSSR count). The molecule has 0 bridgehead atoms. The van der Waals surface area contributed by atoms with E-state index in [0.29, 0.717) is 31.1 Å². The molecule has 1 saturated heterocycles. The highest BCUT2D eigenvalue weighted by molar-refractivity contribution is 6.30. The summed E-state index contributed by atoms with van der Waals surface area (Å²) in [6.07, 6.45) is 0.773. The van der Waals surface area contributed by atoms with Crippen LogP contribution in [0.4, 0.5) is 0 Å². The largest absolute Gasteiger partial charge is 0.396 e. The Labute approximate surface area is 154 Å². The van der Waals surface area contributed by atoms with Gasteiger partial charge in [0.2, 0.25) is 11.8 Å². The maximum Gasteiger partial charge on any atom is 0.228 e. The lowest BCUT2D eigenvalue weighted by molar-refractivity contribution is -0.136. The van der Waals surface area contributed by atoms with Crippen molar-refractivity contribution in [3.63, 3.8) is 0 Å². The molecule has 5 nitrogen and oxygen atoms in total. The zero-order chi connectivity index (χ0) is 18.6. The lowest BCUT2D eigenvalue weighted by Gasteiger charge is -2.32. The van der Waals surface area contributed by atoms with Crippen LogP contribution in [0.25, 0.3) is 0 Å². The number of aliphatic hydroxyl groups is 1. The Bertz CT molecular complexity index is 610. The van der Waals surface area contributed by atoms with Gasteiger partial charge in [0.25, 0.3) is 0 Å². The smallest absolute Gasteiger partial charge is 0.228 e. The molecule has 25 heavy (non-hydrogen) atoms. The number of carbonyl (C=O) groups excluding carboxylic acids is 2. The van der Waals surface area contributed by atoms with Crippen LogP contribution in [-0.2, 0) is 16.1 Å². The lowest BCUT2D eigenvalue weighted by atomic mass is 10.0. The van der Waals surface area contributed by atoms with Crippen molar-refractivity contribution in [1.29, 1.82) is 0 Å². The summed E-state index contributed by atoms with van der Waals surface area (Å²) in [5.41, 5.74) is 0.700. The quantitative estimate of drug-likeness (QED) is 0.842. The van der Waals surface area contributed by atoms with Gasteiger partial charge in [-0.3, -0.25) is 9.59 Å². The number of likely N-dealkylation sites (tertiary alicyclic amines) is 1. The van der Waals surface area contributed by atoms with E-state index in [1.54, 1.807) is 21.9 Å². The molecule has 0 aliphatic carbocycles. The van der Waals surface area contributed by atoms with Crippen LogP contribution in [-0.4, -0.2) is 52.0 Å². The number of benzene rings is 1. The summed E-state index contributed by atoms with van der Waals surface area (Å²) < 4.78 is 0. The topological polar surface area (TPSA) is 60.9 Å². The minimum absolute atomic E-state index is 0.0245. The van der Waals surface area contributed by atoms with Crippen molar-refractivity contribution in [2.45, 2.75) is 45.7 Å². The zero-order valence-corrected chi connectivity index (χ0v) is 15.9. The molecular weight excluding hydrogens is 340 g/mol. The monoisotopic (exact) mass is 366 g/mol. The summed E-state index contributed by atoms with van der Waals surface area (Å²) in [7, 11) is 0. The fourth-order valence-electron chi connectivity index (χ4n) is 3.12. The molecule has 0 radical (unpaired) electrons. The molecule has 1 aromatic carbocycles. The van der Waals surface area contributed by atoms with Gasteiger partial charge >= 0.3 is 0 Å². The third-order valence-electron chi connectivity index (χ3n) is 4.47. The van der Waals surface area contributed by atoms with E-state index in [-0.39, 0.29) is 36.3 Å². The summed E-state index contributed by atoms with van der Waals surface area (Å²) in [4.78, 5) is 28.8. The van der Waals surface area contributed by atoms with E-state index in [4.69, 9.17) is 16.7 Å². The van der Waals surface area contributed by atoms with E-state index in [0.717, 1.165) is 5.56 Å². The molecule has 0 saturated carbocycles. The molecule has 138 valence electrons. The van der Waals surface area contributed by atoms with Gasteiger partial charge in [-0.25, -0.2) is 0 Å². The zero-order valence-electron chi connectivity index (χ0n) is 15.2. The predicted octanol–water partition coefficient (Wildman–Crippen LogP) is 2.70. The third kappa shape index (κ3) is 5.19. The van der Waals surface area contributed by atoms with E-state index in [1.165, 1.54) is 0 Å². The number of amides is 2. The first-order valence-corrected chi connectivity index (χ1v) is 9.04. The second-order valence-corrected chi connectivity index (χ2v) is 7.98. The Morgan fingerprint density at radius 2 is 1.96 bits per heavy atom. The molecule has 1 aliphatic heterocycles. The Morgan fingerprint density at radius 3 is 2.48 bits per heavy atom. The number of hydrogen-bond acceptors (Lipinski definition) is 3. The van der Waals surface area contributed by atoms with Crippen LogP contribution >= 0.6 is 11.6 Å². The average Bonchev–Trinajstić information content (AvgIpc) is 2.94. The van der Waals surface area contributed by atoms with E-state index in [2.05, 4.69) is 0 Å². The fraction of sp³-hybridized carbons (Fsp3) is 0.579. The first kappa shape index (κ1) is 19.7. The van der Waals surface area contributed by atoms with E-state index in [1.807, 2.05) is 32.9 Å². The van der Waals surface area contributed by atoms with Crippen molar-refractivity contribution in [2.75, 3.05) is 19.7 Å². The molecule has 1 fully saturated rings. The summed E-state index contributed by atoms with van der Waals surface area (Å²) in [5.74, 6) is -0.319.